The van der Waals surface area contributed by atoms with E-state index in [0.29, 0.717) is 0 Å². The van der Waals surface area contributed by atoms with Gasteiger partial charge in [0.1, 0.15) is 11.9 Å². The standard InChI is InChI=1S/C16H25NO3/c1-3-14(17)16(20-12-8-10-19-11-9-12)13-6-4-5-7-15(13)18-2/h4-7,12,14,16H,3,8-11,17H2,1-2H3. The zero-order chi connectivity index (χ0) is 14.4. The Morgan fingerprint density at radius 3 is 2.65 bits per heavy atom. The predicted molar refractivity (Wildman–Crippen MR) is 78.9 cm³/mol. The summed E-state index contributed by atoms with van der Waals surface area (Å²) in [4.78, 5) is 0. The van der Waals surface area contributed by atoms with E-state index in [-0.39, 0.29) is 18.2 Å². The lowest BCUT2D eigenvalue weighted by Crippen LogP contribution is -2.34. The lowest BCUT2D eigenvalue weighted by molar-refractivity contribution is -0.0783. The van der Waals surface area contributed by atoms with Gasteiger partial charge in [-0.15, -0.1) is 0 Å². The van der Waals surface area contributed by atoms with Crippen molar-refractivity contribution in [1.29, 1.82) is 0 Å². The van der Waals surface area contributed by atoms with Crippen molar-refractivity contribution in [3.05, 3.63) is 29.8 Å². The smallest absolute Gasteiger partial charge is 0.124 e. The van der Waals surface area contributed by atoms with E-state index in [2.05, 4.69) is 6.92 Å². The second-order valence-corrected chi connectivity index (χ2v) is 5.18. The van der Waals surface area contributed by atoms with Crippen LogP contribution in [0.2, 0.25) is 0 Å². The minimum Gasteiger partial charge on any atom is -0.496 e. The molecule has 2 unspecified atom stereocenters. The average Bonchev–Trinajstić information content (AvgIpc) is 2.53. The van der Waals surface area contributed by atoms with E-state index in [0.717, 1.165) is 43.8 Å². The summed E-state index contributed by atoms with van der Waals surface area (Å²) in [6, 6.07) is 7.93. The van der Waals surface area contributed by atoms with E-state index in [9.17, 15) is 0 Å². The van der Waals surface area contributed by atoms with Gasteiger partial charge in [0, 0.05) is 24.8 Å². The van der Waals surface area contributed by atoms with Gasteiger partial charge in [-0.05, 0) is 25.3 Å². The molecule has 1 aromatic carbocycles. The van der Waals surface area contributed by atoms with Gasteiger partial charge in [0.15, 0.2) is 0 Å². The number of nitrogens with two attached hydrogens (primary N) is 1. The first kappa shape index (κ1) is 15.3. The van der Waals surface area contributed by atoms with Crippen LogP contribution in [0.4, 0.5) is 0 Å². The van der Waals surface area contributed by atoms with E-state index in [1.54, 1.807) is 7.11 Å². The molecule has 20 heavy (non-hydrogen) atoms. The highest BCUT2D eigenvalue weighted by Gasteiger charge is 2.27. The molecular weight excluding hydrogens is 254 g/mol. The number of methoxy groups -OCH3 is 1. The number of hydrogen-bond acceptors (Lipinski definition) is 4. The highest BCUT2D eigenvalue weighted by molar-refractivity contribution is 5.36. The molecule has 1 aromatic rings. The maximum Gasteiger partial charge on any atom is 0.124 e. The molecule has 1 fully saturated rings. The first-order chi connectivity index (χ1) is 9.76. The second-order valence-electron chi connectivity index (χ2n) is 5.18. The molecule has 0 aromatic heterocycles. The Bertz CT molecular complexity index is 404. The van der Waals surface area contributed by atoms with Gasteiger partial charge in [-0.3, -0.25) is 0 Å². The maximum atomic E-state index is 6.29. The van der Waals surface area contributed by atoms with Crippen molar-refractivity contribution in [1.82, 2.24) is 0 Å². The summed E-state index contributed by atoms with van der Waals surface area (Å²) >= 11 is 0. The fraction of sp³-hybridized carbons (Fsp3) is 0.625. The summed E-state index contributed by atoms with van der Waals surface area (Å²) in [7, 11) is 1.68. The summed E-state index contributed by atoms with van der Waals surface area (Å²) in [5, 5.41) is 0. The number of rotatable bonds is 6. The third-order valence-electron chi connectivity index (χ3n) is 3.81. The van der Waals surface area contributed by atoms with Crippen molar-refractivity contribution >= 4 is 0 Å². The first-order valence-corrected chi connectivity index (χ1v) is 7.38. The maximum absolute atomic E-state index is 6.29. The molecule has 4 nitrogen and oxygen atoms in total. The molecule has 0 bridgehead atoms. The van der Waals surface area contributed by atoms with Gasteiger partial charge in [0.2, 0.25) is 0 Å². The van der Waals surface area contributed by atoms with Gasteiger partial charge in [-0.1, -0.05) is 25.1 Å². The molecule has 4 heteroatoms. The van der Waals surface area contributed by atoms with E-state index in [1.807, 2.05) is 24.3 Å². The van der Waals surface area contributed by atoms with Gasteiger partial charge in [0.25, 0.3) is 0 Å². The van der Waals surface area contributed by atoms with Crippen LogP contribution in [0, 0.1) is 0 Å². The summed E-state index contributed by atoms with van der Waals surface area (Å²) < 4.78 is 17.1. The van der Waals surface area contributed by atoms with Crippen LogP contribution in [0.15, 0.2) is 24.3 Å². The quantitative estimate of drug-likeness (QED) is 0.870. The topological polar surface area (TPSA) is 53.7 Å². The molecule has 0 spiro atoms. The van der Waals surface area contributed by atoms with Crippen LogP contribution in [0.25, 0.3) is 0 Å². The minimum atomic E-state index is -0.126. The predicted octanol–water partition coefficient (Wildman–Crippen LogP) is 2.67. The van der Waals surface area contributed by atoms with Crippen LogP contribution >= 0.6 is 0 Å². The lowest BCUT2D eigenvalue weighted by atomic mass is 9.99. The van der Waals surface area contributed by atoms with Crippen LogP contribution in [0.5, 0.6) is 5.75 Å². The number of para-hydroxylation sites is 1. The number of hydrogen-bond donors (Lipinski definition) is 1. The third kappa shape index (κ3) is 3.72. The summed E-state index contributed by atoms with van der Waals surface area (Å²) in [6.07, 6.45) is 2.83. The van der Waals surface area contributed by atoms with Gasteiger partial charge >= 0.3 is 0 Å². The van der Waals surface area contributed by atoms with Gasteiger partial charge in [0.05, 0.1) is 13.2 Å². The Morgan fingerprint density at radius 1 is 1.30 bits per heavy atom. The summed E-state index contributed by atoms with van der Waals surface area (Å²) in [5.74, 6) is 0.841. The lowest BCUT2D eigenvalue weighted by Gasteiger charge is -2.31. The molecule has 0 amide bonds. The summed E-state index contributed by atoms with van der Waals surface area (Å²) in [6.45, 7) is 3.62. The molecule has 112 valence electrons. The minimum absolute atomic E-state index is 0.0332. The van der Waals surface area contributed by atoms with Crippen LogP contribution in [0.3, 0.4) is 0 Å². The SMILES string of the molecule is CCC(N)C(OC1CCOCC1)c1ccccc1OC. The van der Waals surface area contributed by atoms with Crippen molar-refractivity contribution in [2.75, 3.05) is 20.3 Å². The van der Waals surface area contributed by atoms with Crippen molar-refractivity contribution in [3.8, 4) is 5.75 Å². The van der Waals surface area contributed by atoms with Crippen molar-refractivity contribution in [2.45, 2.75) is 44.4 Å². The molecule has 2 atom stereocenters. The van der Waals surface area contributed by atoms with Crippen LogP contribution < -0.4 is 10.5 Å². The third-order valence-corrected chi connectivity index (χ3v) is 3.81. The first-order valence-electron chi connectivity index (χ1n) is 7.38. The zero-order valence-electron chi connectivity index (χ0n) is 12.4. The Balaban J connectivity index is 2.17. The molecular formula is C16H25NO3. The molecule has 2 N–H and O–H groups in total. The van der Waals surface area contributed by atoms with Crippen molar-refractivity contribution in [3.63, 3.8) is 0 Å². The average molecular weight is 279 g/mol. The molecule has 1 aliphatic rings. The van der Waals surface area contributed by atoms with Crippen molar-refractivity contribution < 1.29 is 14.2 Å². The molecule has 1 saturated heterocycles. The Kier molecular flexibility index (Phi) is 5.83. The Labute approximate surface area is 121 Å². The van der Waals surface area contributed by atoms with Crippen LogP contribution in [-0.2, 0) is 9.47 Å². The monoisotopic (exact) mass is 279 g/mol. The van der Waals surface area contributed by atoms with Crippen LogP contribution in [0.1, 0.15) is 37.9 Å². The summed E-state index contributed by atoms with van der Waals surface area (Å²) in [5.41, 5.74) is 7.32. The van der Waals surface area contributed by atoms with E-state index in [1.165, 1.54) is 0 Å². The molecule has 0 aliphatic carbocycles. The Morgan fingerprint density at radius 2 is 2.00 bits per heavy atom. The number of benzene rings is 1. The largest absolute Gasteiger partial charge is 0.496 e. The van der Waals surface area contributed by atoms with Gasteiger partial charge in [-0.2, -0.15) is 0 Å². The second kappa shape index (κ2) is 7.62. The van der Waals surface area contributed by atoms with Gasteiger partial charge < -0.3 is 19.9 Å². The van der Waals surface area contributed by atoms with E-state index < -0.39 is 0 Å². The number of ether oxygens (including phenoxy) is 3. The van der Waals surface area contributed by atoms with Crippen molar-refractivity contribution in [2.24, 2.45) is 5.73 Å². The highest BCUT2D eigenvalue weighted by Crippen LogP contribution is 2.32. The molecule has 0 saturated carbocycles. The van der Waals surface area contributed by atoms with E-state index in [4.69, 9.17) is 19.9 Å². The zero-order valence-corrected chi connectivity index (χ0v) is 12.4. The fourth-order valence-electron chi connectivity index (χ4n) is 2.54. The van der Waals surface area contributed by atoms with Crippen LogP contribution in [-0.4, -0.2) is 32.5 Å². The molecule has 2 rings (SSSR count). The normalized spacial score (nSPS) is 19.6. The fourth-order valence-corrected chi connectivity index (χ4v) is 2.54. The van der Waals surface area contributed by atoms with E-state index >= 15 is 0 Å². The molecule has 0 radical (unpaired) electrons. The highest BCUT2D eigenvalue weighted by atomic mass is 16.5. The van der Waals surface area contributed by atoms with Gasteiger partial charge in [-0.25, -0.2) is 0 Å². The Hall–Kier alpha value is -1.10. The molecule has 1 heterocycles. The molecule has 1 aliphatic heterocycles.